The Morgan fingerprint density at radius 1 is 1.00 bits per heavy atom. The number of hydrogen-bond acceptors (Lipinski definition) is 1. The molecule has 0 saturated carbocycles. The molecule has 0 atom stereocenters. The van der Waals surface area contributed by atoms with Crippen molar-refractivity contribution in [2.75, 3.05) is 5.32 Å². The first-order chi connectivity index (χ1) is 9.00. The van der Waals surface area contributed by atoms with Gasteiger partial charge in [-0.25, -0.2) is 4.85 Å². The van der Waals surface area contributed by atoms with Crippen LogP contribution >= 0.6 is 0 Å². The Balaban J connectivity index is 2.32. The number of nitrogens with one attached hydrogen (secondary N) is 1. The van der Waals surface area contributed by atoms with Crippen LogP contribution in [0.3, 0.4) is 0 Å². The van der Waals surface area contributed by atoms with Crippen molar-refractivity contribution in [2.45, 2.75) is 6.18 Å². The molecule has 0 aliphatic carbocycles. The van der Waals surface area contributed by atoms with E-state index in [1.54, 1.807) is 24.3 Å². The van der Waals surface area contributed by atoms with Gasteiger partial charge in [0.05, 0.1) is 12.1 Å². The molecule has 2 aromatic rings. The lowest BCUT2D eigenvalue weighted by Crippen LogP contribution is -2.05. The van der Waals surface area contributed by atoms with Gasteiger partial charge in [0.25, 0.3) is 0 Å². The van der Waals surface area contributed by atoms with E-state index >= 15 is 0 Å². The lowest BCUT2D eigenvalue weighted by atomic mass is 10.2. The molecule has 2 aromatic carbocycles. The number of hydrogen-bond donors (Lipinski definition) is 1. The number of halogens is 3. The van der Waals surface area contributed by atoms with E-state index in [0.717, 1.165) is 12.1 Å². The first-order valence-corrected chi connectivity index (χ1v) is 5.41. The van der Waals surface area contributed by atoms with Crippen LogP contribution in [-0.2, 0) is 6.18 Å². The van der Waals surface area contributed by atoms with Crippen LogP contribution in [0.25, 0.3) is 4.85 Å². The normalized spacial score (nSPS) is 10.8. The lowest BCUT2D eigenvalue weighted by Gasteiger charge is -2.11. The summed E-state index contributed by atoms with van der Waals surface area (Å²) < 4.78 is 37.7. The predicted molar refractivity (Wildman–Crippen MR) is 67.4 cm³/mol. The molecule has 0 heterocycles. The number of para-hydroxylation sites is 2. The topological polar surface area (TPSA) is 16.4 Å². The summed E-state index contributed by atoms with van der Waals surface area (Å²) in [6.07, 6.45) is -4.38. The van der Waals surface area contributed by atoms with Gasteiger partial charge < -0.3 is 5.32 Å². The van der Waals surface area contributed by atoms with Gasteiger partial charge in [-0.3, -0.25) is 0 Å². The van der Waals surface area contributed by atoms with Crippen molar-refractivity contribution in [2.24, 2.45) is 0 Å². The summed E-state index contributed by atoms with van der Waals surface area (Å²) >= 11 is 0. The molecule has 0 amide bonds. The summed E-state index contributed by atoms with van der Waals surface area (Å²) in [4.78, 5) is 3.30. The zero-order chi connectivity index (χ0) is 13.9. The van der Waals surface area contributed by atoms with Crippen LogP contribution in [0.1, 0.15) is 5.56 Å². The van der Waals surface area contributed by atoms with Crippen molar-refractivity contribution in [1.82, 2.24) is 0 Å². The molecular weight excluding hydrogens is 253 g/mol. The summed E-state index contributed by atoms with van der Waals surface area (Å²) in [5.41, 5.74) is 0.417. The molecule has 5 heteroatoms. The third-order valence-corrected chi connectivity index (χ3v) is 2.49. The number of benzene rings is 2. The first kappa shape index (κ1) is 13.0. The van der Waals surface area contributed by atoms with Gasteiger partial charge in [-0.1, -0.05) is 24.3 Å². The Labute approximate surface area is 108 Å². The first-order valence-electron chi connectivity index (χ1n) is 5.41. The van der Waals surface area contributed by atoms with Gasteiger partial charge in [0, 0.05) is 11.4 Å². The highest BCUT2D eigenvalue weighted by atomic mass is 19.4. The van der Waals surface area contributed by atoms with Crippen LogP contribution in [0.4, 0.5) is 30.2 Å². The standard InChI is InChI=1S/C14H9F3N2/c1-18-12-7-2-3-8-13(12)19-11-6-4-5-10(9-11)14(15,16)17/h2-9,19H. The number of nitrogens with zero attached hydrogens (tertiary/aromatic N) is 1. The zero-order valence-electron chi connectivity index (χ0n) is 9.70. The highest BCUT2D eigenvalue weighted by Crippen LogP contribution is 2.33. The van der Waals surface area contributed by atoms with Crippen molar-refractivity contribution in [3.05, 3.63) is 65.5 Å². The van der Waals surface area contributed by atoms with E-state index in [1.807, 2.05) is 0 Å². The van der Waals surface area contributed by atoms with E-state index < -0.39 is 11.7 Å². The minimum Gasteiger partial charge on any atom is -0.365 e. The highest BCUT2D eigenvalue weighted by Gasteiger charge is 2.30. The molecule has 0 unspecified atom stereocenters. The summed E-state index contributed by atoms with van der Waals surface area (Å²) in [5, 5.41) is 2.82. The van der Waals surface area contributed by atoms with Crippen LogP contribution < -0.4 is 5.32 Å². The SMILES string of the molecule is [C-]#[N+]c1ccccc1Nc1cccc(C(F)(F)F)c1. The van der Waals surface area contributed by atoms with Crippen LogP contribution in [0, 0.1) is 6.57 Å². The molecule has 1 N–H and O–H groups in total. The third kappa shape index (κ3) is 3.05. The minimum atomic E-state index is -4.38. The summed E-state index contributed by atoms with van der Waals surface area (Å²) in [7, 11) is 0. The third-order valence-electron chi connectivity index (χ3n) is 2.49. The van der Waals surface area contributed by atoms with Gasteiger partial charge in [0.15, 0.2) is 0 Å². The minimum absolute atomic E-state index is 0.297. The average molecular weight is 262 g/mol. The predicted octanol–water partition coefficient (Wildman–Crippen LogP) is 5.00. The Kier molecular flexibility index (Phi) is 3.43. The Morgan fingerprint density at radius 2 is 1.74 bits per heavy atom. The second-order valence-corrected chi connectivity index (χ2v) is 3.83. The van der Waals surface area contributed by atoms with Gasteiger partial charge in [-0.15, -0.1) is 0 Å². The van der Waals surface area contributed by atoms with Crippen molar-refractivity contribution >= 4 is 17.1 Å². The van der Waals surface area contributed by atoms with E-state index in [-0.39, 0.29) is 0 Å². The molecule has 0 aliphatic rings. The molecule has 0 aliphatic heterocycles. The van der Waals surface area contributed by atoms with Crippen molar-refractivity contribution in [1.29, 1.82) is 0 Å². The van der Waals surface area contributed by atoms with Crippen molar-refractivity contribution in [3.8, 4) is 0 Å². The van der Waals surface area contributed by atoms with Gasteiger partial charge in [0.1, 0.15) is 0 Å². The fourth-order valence-corrected chi connectivity index (χ4v) is 1.61. The maximum absolute atomic E-state index is 12.6. The monoisotopic (exact) mass is 262 g/mol. The number of alkyl halides is 3. The largest absolute Gasteiger partial charge is 0.416 e. The molecule has 2 rings (SSSR count). The molecule has 0 saturated heterocycles. The second kappa shape index (κ2) is 5.02. The molecule has 96 valence electrons. The average Bonchev–Trinajstić information content (AvgIpc) is 2.39. The second-order valence-electron chi connectivity index (χ2n) is 3.83. The lowest BCUT2D eigenvalue weighted by molar-refractivity contribution is -0.137. The van der Waals surface area contributed by atoms with E-state index in [4.69, 9.17) is 6.57 Å². The van der Waals surface area contributed by atoms with Gasteiger partial charge in [-0.2, -0.15) is 13.2 Å². The van der Waals surface area contributed by atoms with Crippen LogP contribution in [0.5, 0.6) is 0 Å². The molecule has 2 nitrogen and oxygen atoms in total. The van der Waals surface area contributed by atoms with E-state index in [1.165, 1.54) is 12.1 Å². The van der Waals surface area contributed by atoms with E-state index in [9.17, 15) is 13.2 Å². The Bertz CT molecular complexity index is 627. The summed E-state index contributed by atoms with van der Waals surface area (Å²) in [6, 6.07) is 11.5. The van der Waals surface area contributed by atoms with E-state index in [2.05, 4.69) is 10.2 Å². The molecule has 0 bridgehead atoms. The zero-order valence-corrected chi connectivity index (χ0v) is 9.70. The van der Waals surface area contributed by atoms with Gasteiger partial charge in [-0.05, 0) is 24.3 Å². The quantitative estimate of drug-likeness (QED) is 0.753. The van der Waals surface area contributed by atoms with Crippen LogP contribution in [-0.4, -0.2) is 0 Å². The molecule has 0 spiro atoms. The molecule has 19 heavy (non-hydrogen) atoms. The number of rotatable bonds is 2. The summed E-state index contributed by atoms with van der Waals surface area (Å²) in [6.45, 7) is 7.00. The smallest absolute Gasteiger partial charge is 0.365 e. The van der Waals surface area contributed by atoms with Gasteiger partial charge in [0.2, 0.25) is 5.69 Å². The maximum Gasteiger partial charge on any atom is 0.416 e. The Morgan fingerprint density at radius 3 is 2.42 bits per heavy atom. The van der Waals surface area contributed by atoms with E-state index in [0.29, 0.717) is 17.1 Å². The van der Waals surface area contributed by atoms with Crippen molar-refractivity contribution < 1.29 is 13.2 Å². The van der Waals surface area contributed by atoms with Crippen molar-refractivity contribution in [3.63, 3.8) is 0 Å². The number of anilines is 2. The molecule has 0 aromatic heterocycles. The highest BCUT2D eigenvalue weighted by molar-refractivity contribution is 5.75. The van der Waals surface area contributed by atoms with Crippen LogP contribution in [0.15, 0.2) is 48.5 Å². The fourth-order valence-electron chi connectivity index (χ4n) is 1.61. The molecule has 0 radical (unpaired) electrons. The van der Waals surface area contributed by atoms with Gasteiger partial charge >= 0.3 is 6.18 Å². The molecular formula is C14H9F3N2. The maximum atomic E-state index is 12.6. The summed E-state index contributed by atoms with van der Waals surface area (Å²) in [5.74, 6) is 0. The van der Waals surface area contributed by atoms with Crippen LogP contribution in [0.2, 0.25) is 0 Å². The Hall–Kier alpha value is -2.48. The molecule has 0 fully saturated rings. The fraction of sp³-hybridized carbons (Fsp3) is 0.0714.